The van der Waals surface area contributed by atoms with E-state index in [1.54, 1.807) is 17.6 Å². The van der Waals surface area contributed by atoms with Crippen molar-refractivity contribution in [3.63, 3.8) is 0 Å². The predicted molar refractivity (Wildman–Crippen MR) is 64.8 cm³/mol. The van der Waals surface area contributed by atoms with Gasteiger partial charge in [-0.05, 0) is 31.0 Å². The van der Waals surface area contributed by atoms with Crippen molar-refractivity contribution in [2.45, 2.75) is 19.4 Å². The number of phenols is 1. The van der Waals surface area contributed by atoms with Gasteiger partial charge in [0.2, 0.25) is 5.13 Å². The molecule has 0 fully saturated rings. The van der Waals surface area contributed by atoms with Crippen molar-refractivity contribution in [3.8, 4) is 5.75 Å². The minimum absolute atomic E-state index is 0.289. The van der Waals surface area contributed by atoms with Crippen molar-refractivity contribution >= 4 is 16.5 Å². The molecule has 84 valence electrons. The molecule has 0 aliphatic heterocycles. The summed E-state index contributed by atoms with van der Waals surface area (Å²) in [6.07, 6.45) is 0.889. The van der Waals surface area contributed by atoms with Gasteiger partial charge in [-0.2, -0.15) is 0 Å². The molecule has 1 unspecified atom stereocenters. The first-order valence-electron chi connectivity index (χ1n) is 5.04. The Kier molecular flexibility index (Phi) is 3.36. The number of nitrogens with one attached hydrogen (secondary N) is 1. The molecule has 1 aromatic heterocycles. The SMILES string of the molecule is CC(Cc1ccc(O)cc1)Nc1nncs1. The van der Waals surface area contributed by atoms with Crippen LogP contribution in [0.5, 0.6) is 5.75 Å². The van der Waals surface area contributed by atoms with E-state index in [1.165, 1.54) is 16.9 Å². The van der Waals surface area contributed by atoms with Crippen LogP contribution in [0.15, 0.2) is 29.8 Å². The summed E-state index contributed by atoms with van der Waals surface area (Å²) >= 11 is 1.49. The largest absolute Gasteiger partial charge is 0.508 e. The Morgan fingerprint density at radius 3 is 2.75 bits per heavy atom. The standard InChI is InChI=1S/C11H13N3OS/c1-8(13-11-14-12-7-16-11)6-9-2-4-10(15)5-3-9/h2-5,7-8,15H,6H2,1H3,(H,13,14). The second-order valence-corrected chi connectivity index (χ2v) is 4.49. The molecule has 2 aromatic rings. The van der Waals surface area contributed by atoms with E-state index in [4.69, 9.17) is 5.11 Å². The van der Waals surface area contributed by atoms with Crippen molar-refractivity contribution in [1.29, 1.82) is 0 Å². The Bertz CT molecular complexity index is 427. The number of aromatic nitrogens is 2. The van der Waals surface area contributed by atoms with Crippen LogP contribution in [-0.2, 0) is 6.42 Å². The first kappa shape index (κ1) is 10.9. The molecule has 0 radical (unpaired) electrons. The lowest BCUT2D eigenvalue weighted by Gasteiger charge is -2.12. The molecule has 2 N–H and O–H groups in total. The van der Waals surface area contributed by atoms with Crippen LogP contribution in [0.4, 0.5) is 5.13 Å². The highest BCUT2D eigenvalue weighted by atomic mass is 32.1. The highest BCUT2D eigenvalue weighted by Crippen LogP contribution is 2.14. The molecule has 0 saturated carbocycles. The number of rotatable bonds is 4. The first-order valence-corrected chi connectivity index (χ1v) is 5.92. The second-order valence-electron chi connectivity index (χ2n) is 3.66. The molecular formula is C11H13N3OS. The normalized spacial score (nSPS) is 12.3. The Morgan fingerprint density at radius 2 is 2.12 bits per heavy atom. The Balaban J connectivity index is 1.92. The maximum atomic E-state index is 9.17. The van der Waals surface area contributed by atoms with Gasteiger partial charge in [-0.1, -0.05) is 23.5 Å². The van der Waals surface area contributed by atoms with E-state index in [0.717, 1.165) is 11.6 Å². The third kappa shape index (κ3) is 2.93. The van der Waals surface area contributed by atoms with Gasteiger partial charge in [0, 0.05) is 6.04 Å². The van der Waals surface area contributed by atoms with Crippen LogP contribution in [-0.4, -0.2) is 21.3 Å². The van der Waals surface area contributed by atoms with E-state index >= 15 is 0 Å². The van der Waals surface area contributed by atoms with Gasteiger partial charge in [0.25, 0.3) is 0 Å². The van der Waals surface area contributed by atoms with Gasteiger partial charge in [-0.3, -0.25) is 0 Å². The number of benzene rings is 1. The van der Waals surface area contributed by atoms with Crippen LogP contribution in [0.25, 0.3) is 0 Å². The van der Waals surface area contributed by atoms with Crippen molar-refractivity contribution in [3.05, 3.63) is 35.3 Å². The number of anilines is 1. The highest BCUT2D eigenvalue weighted by molar-refractivity contribution is 7.13. The van der Waals surface area contributed by atoms with Gasteiger partial charge in [0.05, 0.1) is 0 Å². The molecule has 1 atom stereocenters. The summed E-state index contributed by atoms with van der Waals surface area (Å²) in [6, 6.07) is 7.54. The molecule has 1 aromatic carbocycles. The van der Waals surface area contributed by atoms with Gasteiger partial charge >= 0.3 is 0 Å². The summed E-state index contributed by atoms with van der Waals surface area (Å²) in [5.74, 6) is 0.300. The molecule has 0 bridgehead atoms. The molecule has 16 heavy (non-hydrogen) atoms. The molecule has 1 heterocycles. The van der Waals surface area contributed by atoms with Crippen LogP contribution in [0.3, 0.4) is 0 Å². The van der Waals surface area contributed by atoms with E-state index in [2.05, 4.69) is 22.4 Å². The molecule has 0 spiro atoms. The van der Waals surface area contributed by atoms with E-state index in [-0.39, 0.29) is 6.04 Å². The molecule has 4 nitrogen and oxygen atoms in total. The summed E-state index contributed by atoms with van der Waals surface area (Å²) in [6.45, 7) is 2.09. The molecule has 0 aliphatic carbocycles. The summed E-state index contributed by atoms with van der Waals surface area (Å²) in [7, 11) is 0. The third-order valence-electron chi connectivity index (χ3n) is 2.21. The van der Waals surface area contributed by atoms with E-state index in [0.29, 0.717) is 5.75 Å². The quantitative estimate of drug-likeness (QED) is 0.853. The average Bonchev–Trinajstić information content (AvgIpc) is 2.74. The molecule has 0 amide bonds. The van der Waals surface area contributed by atoms with Crippen LogP contribution < -0.4 is 5.32 Å². The number of aromatic hydroxyl groups is 1. The Morgan fingerprint density at radius 1 is 1.38 bits per heavy atom. The molecule has 5 heteroatoms. The smallest absolute Gasteiger partial charge is 0.205 e. The highest BCUT2D eigenvalue weighted by Gasteiger charge is 2.05. The van der Waals surface area contributed by atoms with E-state index in [9.17, 15) is 0 Å². The fourth-order valence-electron chi connectivity index (χ4n) is 1.48. The van der Waals surface area contributed by atoms with Gasteiger partial charge < -0.3 is 10.4 Å². The third-order valence-corrected chi connectivity index (χ3v) is 2.83. The number of nitrogens with zero attached hydrogens (tertiary/aromatic N) is 2. The van der Waals surface area contributed by atoms with E-state index < -0.39 is 0 Å². The molecular weight excluding hydrogens is 222 g/mol. The zero-order valence-electron chi connectivity index (χ0n) is 8.92. The van der Waals surface area contributed by atoms with E-state index in [1.807, 2.05) is 12.1 Å². The lowest BCUT2D eigenvalue weighted by molar-refractivity contribution is 0.475. The van der Waals surface area contributed by atoms with Gasteiger partial charge in [-0.15, -0.1) is 10.2 Å². The molecule has 0 aliphatic rings. The van der Waals surface area contributed by atoms with Crippen LogP contribution in [0.2, 0.25) is 0 Å². The average molecular weight is 235 g/mol. The summed E-state index contributed by atoms with van der Waals surface area (Å²) in [4.78, 5) is 0. The fraction of sp³-hybridized carbons (Fsp3) is 0.273. The van der Waals surface area contributed by atoms with Gasteiger partial charge in [0.15, 0.2) is 0 Å². The first-order chi connectivity index (χ1) is 7.74. The lowest BCUT2D eigenvalue weighted by atomic mass is 10.1. The van der Waals surface area contributed by atoms with Crippen molar-refractivity contribution < 1.29 is 5.11 Å². The van der Waals surface area contributed by atoms with Crippen LogP contribution in [0.1, 0.15) is 12.5 Å². The van der Waals surface area contributed by atoms with Crippen LogP contribution in [0, 0.1) is 0 Å². The Labute approximate surface area is 98.0 Å². The molecule has 2 rings (SSSR count). The second kappa shape index (κ2) is 4.94. The van der Waals surface area contributed by atoms with Crippen LogP contribution >= 0.6 is 11.3 Å². The van der Waals surface area contributed by atoms with Crippen molar-refractivity contribution in [1.82, 2.24) is 10.2 Å². The summed E-state index contributed by atoms with van der Waals surface area (Å²) in [5, 5.41) is 21.0. The number of hydrogen-bond acceptors (Lipinski definition) is 5. The van der Waals surface area contributed by atoms with Crippen molar-refractivity contribution in [2.75, 3.05) is 5.32 Å². The number of hydrogen-bond donors (Lipinski definition) is 2. The fourth-order valence-corrected chi connectivity index (χ4v) is 2.04. The zero-order valence-corrected chi connectivity index (χ0v) is 9.74. The van der Waals surface area contributed by atoms with Gasteiger partial charge in [0.1, 0.15) is 11.3 Å². The molecule has 0 saturated heterocycles. The van der Waals surface area contributed by atoms with Gasteiger partial charge in [-0.25, -0.2) is 0 Å². The minimum atomic E-state index is 0.289. The summed E-state index contributed by atoms with van der Waals surface area (Å²) < 4.78 is 0. The summed E-state index contributed by atoms with van der Waals surface area (Å²) in [5.41, 5.74) is 2.89. The number of phenolic OH excluding ortho intramolecular Hbond substituents is 1. The minimum Gasteiger partial charge on any atom is -0.508 e. The Hall–Kier alpha value is -1.62. The predicted octanol–water partition coefficient (Wildman–Crippen LogP) is 2.29. The topological polar surface area (TPSA) is 58.0 Å². The zero-order chi connectivity index (χ0) is 11.4. The maximum absolute atomic E-state index is 9.17. The monoisotopic (exact) mass is 235 g/mol. The maximum Gasteiger partial charge on any atom is 0.205 e. The van der Waals surface area contributed by atoms with Crippen molar-refractivity contribution in [2.24, 2.45) is 0 Å². The lowest BCUT2D eigenvalue weighted by Crippen LogP contribution is -2.17.